The van der Waals surface area contributed by atoms with Crippen LogP contribution in [0.3, 0.4) is 0 Å². The molecule has 1 aromatic carbocycles. The molecule has 0 saturated heterocycles. The van der Waals surface area contributed by atoms with Gasteiger partial charge < -0.3 is 9.57 Å². The molecule has 0 spiro atoms. The molecule has 8 nitrogen and oxygen atoms in total. The number of pyridine rings is 1. The molecular formula is C18H18F2N6O2. The average molecular weight is 388 g/mol. The molecular weight excluding hydrogens is 370 g/mol. The Kier molecular flexibility index (Phi) is 5.87. The van der Waals surface area contributed by atoms with Crippen molar-refractivity contribution in [3.63, 3.8) is 0 Å². The molecule has 0 amide bonds. The Labute approximate surface area is 159 Å². The molecule has 0 bridgehead atoms. The summed E-state index contributed by atoms with van der Waals surface area (Å²) in [7, 11) is 0. The second-order valence-electron chi connectivity index (χ2n) is 6.04. The van der Waals surface area contributed by atoms with Crippen LogP contribution in [0.4, 0.5) is 8.78 Å². The molecule has 0 unspecified atom stereocenters. The summed E-state index contributed by atoms with van der Waals surface area (Å²) in [5.74, 6) is -2.02. The second-order valence-corrected chi connectivity index (χ2v) is 6.04. The first-order chi connectivity index (χ1) is 13.4. The number of tetrazole rings is 1. The normalized spacial score (nSPS) is 12.1. The largest absolute Gasteiger partial charge is 0.469 e. The van der Waals surface area contributed by atoms with Crippen molar-refractivity contribution < 1.29 is 18.4 Å². The number of ether oxygens (including phenoxy) is 1. The minimum atomic E-state index is -2.86. The van der Waals surface area contributed by atoms with E-state index in [1.807, 2.05) is 0 Å². The van der Waals surface area contributed by atoms with Gasteiger partial charge in [0.15, 0.2) is 6.61 Å². The summed E-state index contributed by atoms with van der Waals surface area (Å²) < 4.78 is 31.8. The van der Waals surface area contributed by atoms with Gasteiger partial charge in [-0.1, -0.05) is 34.6 Å². The Bertz CT molecular complexity index is 907. The fourth-order valence-electron chi connectivity index (χ4n) is 2.21. The van der Waals surface area contributed by atoms with E-state index < -0.39 is 5.92 Å². The summed E-state index contributed by atoms with van der Waals surface area (Å²) in [4.78, 5) is 9.48. The van der Waals surface area contributed by atoms with Crippen LogP contribution in [-0.2, 0) is 24.0 Å². The summed E-state index contributed by atoms with van der Waals surface area (Å²) in [5, 5.41) is 17.4. The van der Waals surface area contributed by atoms with Crippen LogP contribution in [0.25, 0.3) is 0 Å². The molecule has 3 aromatic rings. The lowest BCUT2D eigenvalue weighted by Gasteiger charge is -2.10. The number of alkyl halides is 2. The zero-order valence-electron chi connectivity index (χ0n) is 15.3. The maximum atomic E-state index is 13.2. The number of nitrogens with one attached hydrogen (secondary N) is 1. The Balaban J connectivity index is 1.51. The molecule has 2 aromatic heterocycles. The Morgan fingerprint density at radius 1 is 1.14 bits per heavy atom. The number of H-pyrrole nitrogens is 1. The number of halogens is 2. The highest BCUT2D eigenvalue weighted by Crippen LogP contribution is 2.26. The number of hydrogen-bond donors (Lipinski definition) is 1. The summed E-state index contributed by atoms with van der Waals surface area (Å²) in [5.41, 5.74) is 2.08. The molecule has 0 radical (unpaired) electrons. The van der Waals surface area contributed by atoms with Crippen molar-refractivity contribution >= 4 is 5.71 Å². The highest BCUT2D eigenvalue weighted by molar-refractivity contribution is 5.98. The van der Waals surface area contributed by atoms with Gasteiger partial charge in [0.25, 0.3) is 5.92 Å². The van der Waals surface area contributed by atoms with E-state index in [0.29, 0.717) is 17.4 Å². The zero-order chi connectivity index (χ0) is 20.0. The minimum absolute atomic E-state index is 0.0383. The number of rotatable bonds is 8. The van der Waals surface area contributed by atoms with Crippen LogP contribution in [0.2, 0.25) is 0 Å². The number of hydrogen-bond acceptors (Lipinski definition) is 7. The van der Waals surface area contributed by atoms with Gasteiger partial charge in [-0.15, -0.1) is 10.2 Å². The standard InChI is InChI=1S/C18H18F2N6O2/c1-12(24-28-10-13-3-6-15(7-4-13)18(2,19)20)14-5-8-17(21-9-14)27-11-16-22-25-26-23-16/h3-9H,10-11H2,1-2H3,(H,22,23,25,26)/b24-12+. The fourth-order valence-corrected chi connectivity index (χ4v) is 2.21. The Morgan fingerprint density at radius 2 is 1.93 bits per heavy atom. The van der Waals surface area contributed by atoms with E-state index >= 15 is 0 Å². The molecule has 10 heteroatoms. The lowest BCUT2D eigenvalue weighted by Crippen LogP contribution is -2.06. The molecule has 0 atom stereocenters. The van der Waals surface area contributed by atoms with E-state index in [2.05, 4.69) is 30.8 Å². The number of aromatic nitrogens is 5. The van der Waals surface area contributed by atoms with Crippen LogP contribution in [0.15, 0.2) is 47.8 Å². The predicted molar refractivity (Wildman–Crippen MR) is 95.8 cm³/mol. The van der Waals surface area contributed by atoms with Crippen molar-refractivity contribution in [2.24, 2.45) is 5.16 Å². The molecule has 0 aliphatic heterocycles. The summed E-state index contributed by atoms with van der Waals surface area (Å²) in [6.07, 6.45) is 1.60. The Hall–Kier alpha value is -3.43. The minimum Gasteiger partial charge on any atom is -0.469 e. The van der Waals surface area contributed by atoms with E-state index in [-0.39, 0.29) is 18.8 Å². The Morgan fingerprint density at radius 3 is 2.54 bits per heavy atom. The van der Waals surface area contributed by atoms with Crippen molar-refractivity contribution in [2.75, 3.05) is 0 Å². The van der Waals surface area contributed by atoms with Crippen LogP contribution < -0.4 is 4.74 Å². The smallest absolute Gasteiger partial charge is 0.270 e. The molecule has 0 fully saturated rings. The third-order valence-corrected chi connectivity index (χ3v) is 3.79. The fraction of sp³-hybridized carbons (Fsp3) is 0.278. The summed E-state index contributed by atoms with van der Waals surface area (Å²) >= 11 is 0. The quantitative estimate of drug-likeness (QED) is 0.470. The topological polar surface area (TPSA) is 98.2 Å². The maximum absolute atomic E-state index is 13.2. The molecule has 0 aliphatic rings. The highest BCUT2D eigenvalue weighted by atomic mass is 19.3. The van der Waals surface area contributed by atoms with E-state index in [9.17, 15) is 8.78 Å². The molecule has 0 aliphatic carbocycles. The monoisotopic (exact) mass is 388 g/mol. The highest BCUT2D eigenvalue weighted by Gasteiger charge is 2.23. The van der Waals surface area contributed by atoms with Gasteiger partial charge in [0.05, 0.1) is 5.71 Å². The van der Waals surface area contributed by atoms with Crippen molar-refractivity contribution in [3.05, 3.63) is 65.1 Å². The molecule has 3 rings (SSSR count). The van der Waals surface area contributed by atoms with Crippen LogP contribution >= 0.6 is 0 Å². The number of oxime groups is 1. The summed E-state index contributed by atoms with van der Waals surface area (Å²) in [6.45, 7) is 2.97. The van der Waals surface area contributed by atoms with Crippen molar-refractivity contribution in [1.82, 2.24) is 25.6 Å². The number of aromatic amines is 1. The maximum Gasteiger partial charge on any atom is 0.270 e. The lowest BCUT2D eigenvalue weighted by molar-refractivity contribution is 0.0174. The van der Waals surface area contributed by atoms with Gasteiger partial charge in [-0.3, -0.25) is 0 Å². The molecule has 2 heterocycles. The average Bonchev–Trinajstić information content (AvgIpc) is 3.20. The first-order valence-corrected chi connectivity index (χ1v) is 8.37. The van der Waals surface area contributed by atoms with Crippen LogP contribution in [0.1, 0.15) is 36.4 Å². The lowest BCUT2D eigenvalue weighted by atomic mass is 10.1. The van der Waals surface area contributed by atoms with Gasteiger partial charge in [-0.05, 0) is 18.6 Å². The van der Waals surface area contributed by atoms with E-state index in [0.717, 1.165) is 18.1 Å². The molecule has 146 valence electrons. The zero-order valence-corrected chi connectivity index (χ0v) is 15.3. The van der Waals surface area contributed by atoms with Crippen molar-refractivity contribution in [2.45, 2.75) is 33.0 Å². The first-order valence-electron chi connectivity index (χ1n) is 8.37. The van der Waals surface area contributed by atoms with Gasteiger partial charge >= 0.3 is 0 Å². The molecule has 0 saturated carbocycles. The van der Waals surface area contributed by atoms with Gasteiger partial charge in [0, 0.05) is 30.3 Å². The molecule has 28 heavy (non-hydrogen) atoms. The predicted octanol–water partition coefficient (Wildman–Crippen LogP) is 3.23. The molecule has 1 N–H and O–H groups in total. The number of nitrogens with zero attached hydrogens (tertiary/aromatic N) is 5. The van der Waals surface area contributed by atoms with Crippen molar-refractivity contribution in [3.8, 4) is 5.88 Å². The number of benzene rings is 1. The van der Waals surface area contributed by atoms with Crippen LogP contribution in [0.5, 0.6) is 5.88 Å². The van der Waals surface area contributed by atoms with Gasteiger partial charge in [-0.25, -0.2) is 13.8 Å². The second kappa shape index (κ2) is 8.51. The van der Waals surface area contributed by atoms with Crippen molar-refractivity contribution in [1.29, 1.82) is 0 Å². The third-order valence-electron chi connectivity index (χ3n) is 3.79. The van der Waals surface area contributed by atoms with E-state index in [1.165, 1.54) is 12.1 Å². The van der Waals surface area contributed by atoms with Gasteiger partial charge in [-0.2, -0.15) is 5.21 Å². The van der Waals surface area contributed by atoms with E-state index in [4.69, 9.17) is 9.57 Å². The van der Waals surface area contributed by atoms with Gasteiger partial charge in [0.2, 0.25) is 11.7 Å². The van der Waals surface area contributed by atoms with Gasteiger partial charge in [0.1, 0.15) is 6.61 Å². The van der Waals surface area contributed by atoms with Crippen LogP contribution in [-0.4, -0.2) is 31.3 Å². The van der Waals surface area contributed by atoms with Crippen LogP contribution in [0, 0.1) is 0 Å². The third kappa shape index (κ3) is 5.29. The SMILES string of the molecule is C/C(=N\OCc1ccc(C(C)(F)F)cc1)c1ccc(OCc2nn[nH]n2)nc1. The first kappa shape index (κ1) is 19.3. The van der Waals surface area contributed by atoms with E-state index in [1.54, 1.807) is 37.4 Å². The summed E-state index contributed by atoms with van der Waals surface area (Å²) in [6, 6.07) is 9.43.